The fraction of sp³-hybridized carbons (Fsp3) is 0.154. The van der Waals surface area contributed by atoms with Crippen molar-refractivity contribution in [3.05, 3.63) is 52.9 Å². The zero-order valence-corrected chi connectivity index (χ0v) is 12.5. The van der Waals surface area contributed by atoms with E-state index in [0.717, 1.165) is 11.6 Å². The fourth-order valence-electron chi connectivity index (χ4n) is 1.82. The van der Waals surface area contributed by atoms with Crippen LogP contribution in [0.1, 0.15) is 11.3 Å². The van der Waals surface area contributed by atoms with Crippen molar-refractivity contribution in [2.45, 2.75) is 17.0 Å². The van der Waals surface area contributed by atoms with Crippen molar-refractivity contribution in [1.82, 2.24) is 19.6 Å². The van der Waals surface area contributed by atoms with Gasteiger partial charge in [-0.25, -0.2) is 4.98 Å². The van der Waals surface area contributed by atoms with E-state index >= 15 is 0 Å². The largest absolute Gasteiger partial charge is 0.433 e. The Hall–Kier alpha value is -1.80. The van der Waals surface area contributed by atoms with E-state index in [4.69, 9.17) is 11.6 Å². The lowest BCUT2D eigenvalue weighted by Gasteiger charge is -2.09. The molecule has 0 N–H and O–H groups in total. The van der Waals surface area contributed by atoms with Gasteiger partial charge in [0.1, 0.15) is 11.4 Å². The van der Waals surface area contributed by atoms with Gasteiger partial charge in [0, 0.05) is 16.8 Å². The van der Waals surface area contributed by atoms with Crippen LogP contribution in [-0.2, 0) is 11.9 Å². The van der Waals surface area contributed by atoms with Crippen LogP contribution in [0.5, 0.6) is 0 Å². The number of halogens is 4. The van der Waals surface area contributed by atoms with E-state index in [2.05, 4.69) is 15.1 Å². The molecule has 3 rings (SSSR count). The van der Waals surface area contributed by atoms with E-state index in [1.807, 2.05) is 6.07 Å². The normalized spacial score (nSPS) is 12.0. The van der Waals surface area contributed by atoms with Crippen molar-refractivity contribution in [2.75, 3.05) is 0 Å². The standard InChI is InChI=1S/C13H8ClF3N4S/c14-9-3-1-2-8(4-9)6-22-11-5-10(13(15,16)17)20-12-18-7-19-21(11)12/h1-5,7H,6H2. The van der Waals surface area contributed by atoms with Crippen molar-refractivity contribution < 1.29 is 13.2 Å². The maximum Gasteiger partial charge on any atom is 0.433 e. The molecule has 0 aliphatic heterocycles. The summed E-state index contributed by atoms with van der Waals surface area (Å²) in [5.41, 5.74) is -0.0854. The van der Waals surface area contributed by atoms with Crippen LogP contribution in [0.4, 0.5) is 13.2 Å². The molecule has 2 heterocycles. The number of nitrogens with zero attached hydrogens (tertiary/aromatic N) is 4. The smallest absolute Gasteiger partial charge is 0.206 e. The molecule has 0 saturated heterocycles. The zero-order chi connectivity index (χ0) is 15.7. The number of hydrogen-bond acceptors (Lipinski definition) is 4. The first kappa shape index (κ1) is 15.1. The third kappa shape index (κ3) is 3.17. The summed E-state index contributed by atoms with van der Waals surface area (Å²) in [5.74, 6) is 0.375. The molecule has 0 bridgehead atoms. The van der Waals surface area contributed by atoms with Crippen LogP contribution < -0.4 is 0 Å². The Balaban J connectivity index is 1.93. The molecule has 114 valence electrons. The third-order valence-electron chi connectivity index (χ3n) is 2.79. The molecule has 0 fully saturated rings. The van der Waals surface area contributed by atoms with Crippen LogP contribution in [0, 0.1) is 0 Å². The first-order chi connectivity index (χ1) is 10.4. The Morgan fingerprint density at radius 2 is 2.05 bits per heavy atom. The molecule has 2 aromatic heterocycles. The Morgan fingerprint density at radius 1 is 1.23 bits per heavy atom. The van der Waals surface area contributed by atoms with Crippen molar-refractivity contribution >= 4 is 29.1 Å². The highest BCUT2D eigenvalue weighted by Crippen LogP contribution is 2.32. The van der Waals surface area contributed by atoms with Crippen LogP contribution in [0.15, 0.2) is 41.7 Å². The number of benzene rings is 1. The van der Waals surface area contributed by atoms with Gasteiger partial charge in [0.15, 0.2) is 5.69 Å². The number of aromatic nitrogens is 4. The lowest BCUT2D eigenvalue weighted by atomic mass is 10.2. The number of alkyl halides is 3. The topological polar surface area (TPSA) is 43.1 Å². The second kappa shape index (κ2) is 5.77. The predicted molar refractivity (Wildman–Crippen MR) is 76.8 cm³/mol. The minimum atomic E-state index is -4.53. The molecule has 4 nitrogen and oxygen atoms in total. The summed E-state index contributed by atoms with van der Waals surface area (Å²) < 4.78 is 39.9. The van der Waals surface area contributed by atoms with E-state index in [0.29, 0.717) is 15.8 Å². The number of rotatable bonds is 3. The Bertz CT molecular complexity index is 818. The van der Waals surface area contributed by atoms with Crippen LogP contribution in [0.25, 0.3) is 5.78 Å². The van der Waals surface area contributed by atoms with E-state index in [1.165, 1.54) is 22.6 Å². The summed E-state index contributed by atoms with van der Waals surface area (Å²) in [6.07, 6.45) is -3.36. The van der Waals surface area contributed by atoms with Crippen LogP contribution in [-0.4, -0.2) is 19.6 Å². The fourth-order valence-corrected chi connectivity index (χ4v) is 2.97. The summed E-state index contributed by atoms with van der Waals surface area (Å²) in [7, 11) is 0. The summed E-state index contributed by atoms with van der Waals surface area (Å²) in [5, 5.41) is 4.79. The summed E-state index contributed by atoms with van der Waals surface area (Å²) >= 11 is 7.10. The summed E-state index contributed by atoms with van der Waals surface area (Å²) in [4.78, 5) is 7.20. The molecule has 9 heteroatoms. The van der Waals surface area contributed by atoms with Crippen molar-refractivity contribution in [1.29, 1.82) is 0 Å². The molecule has 22 heavy (non-hydrogen) atoms. The molecule has 0 unspecified atom stereocenters. The van der Waals surface area contributed by atoms with Gasteiger partial charge in [-0.05, 0) is 17.7 Å². The minimum absolute atomic E-state index is 0.0802. The van der Waals surface area contributed by atoms with E-state index in [1.54, 1.807) is 18.2 Å². The molecule has 1 aromatic carbocycles. The SMILES string of the molecule is FC(F)(F)c1cc(SCc2cccc(Cl)c2)n2ncnc2n1. The van der Waals surface area contributed by atoms with Gasteiger partial charge < -0.3 is 0 Å². The highest BCUT2D eigenvalue weighted by atomic mass is 35.5. The highest BCUT2D eigenvalue weighted by molar-refractivity contribution is 7.98. The van der Waals surface area contributed by atoms with Gasteiger partial charge in [-0.3, -0.25) is 0 Å². The van der Waals surface area contributed by atoms with Crippen LogP contribution in [0.2, 0.25) is 5.02 Å². The van der Waals surface area contributed by atoms with E-state index in [9.17, 15) is 13.2 Å². The number of thioether (sulfide) groups is 1. The first-order valence-corrected chi connectivity index (χ1v) is 7.45. The second-order valence-corrected chi connectivity index (χ2v) is 5.80. The van der Waals surface area contributed by atoms with Crippen molar-refractivity contribution in [2.24, 2.45) is 0 Å². The van der Waals surface area contributed by atoms with Gasteiger partial charge in [0.2, 0.25) is 0 Å². The van der Waals surface area contributed by atoms with Gasteiger partial charge in [0.25, 0.3) is 5.78 Å². The summed E-state index contributed by atoms with van der Waals surface area (Å²) in [6, 6.07) is 8.11. The minimum Gasteiger partial charge on any atom is -0.206 e. The lowest BCUT2D eigenvalue weighted by molar-refractivity contribution is -0.141. The second-order valence-electron chi connectivity index (χ2n) is 4.37. The van der Waals surface area contributed by atoms with Crippen LogP contribution >= 0.6 is 23.4 Å². The zero-order valence-electron chi connectivity index (χ0n) is 10.9. The van der Waals surface area contributed by atoms with Crippen LogP contribution in [0.3, 0.4) is 0 Å². The monoisotopic (exact) mass is 344 g/mol. The van der Waals surface area contributed by atoms with Gasteiger partial charge in [0.05, 0.1) is 0 Å². The van der Waals surface area contributed by atoms with E-state index in [-0.39, 0.29) is 5.78 Å². The molecule has 0 saturated carbocycles. The quantitative estimate of drug-likeness (QED) is 0.530. The Labute approximate surface area is 132 Å². The molecule has 3 aromatic rings. The Kier molecular flexibility index (Phi) is 3.96. The molecular weight excluding hydrogens is 337 g/mol. The van der Waals surface area contributed by atoms with E-state index < -0.39 is 11.9 Å². The molecule has 0 aliphatic carbocycles. The molecular formula is C13H8ClF3N4S. The summed E-state index contributed by atoms with van der Waals surface area (Å²) in [6.45, 7) is 0. The number of hydrogen-bond donors (Lipinski definition) is 0. The molecule has 0 aliphatic rings. The molecule has 0 spiro atoms. The van der Waals surface area contributed by atoms with Crippen molar-refractivity contribution in [3.63, 3.8) is 0 Å². The van der Waals surface area contributed by atoms with Gasteiger partial charge in [-0.2, -0.15) is 27.8 Å². The predicted octanol–water partition coefficient (Wildman–Crippen LogP) is 4.09. The average molecular weight is 345 g/mol. The molecule has 0 atom stereocenters. The maximum absolute atomic E-state index is 12.9. The average Bonchev–Trinajstić information content (AvgIpc) is 2.92. The van der Waals surface area contributed by atoms with Gasteiger partial charge in [-0.1, -0.05) is 23.7 Å². The molecule has 0 amide bonds. The number of fused-ring (bicyclic) bond motifs is 1. The third-order valence-corrected chi connectivity index (χ3v) is 4.08. The first-order valence-electron chi connectivity index (χ1n) is 6.09. The Morgan fingerprint density at radius 3 is 2.77 bits per heavy atom. The molecule has 0 radical (unpaired) electrons. The maximum atomic E-state index is 12.9. The lowest BCUT2D eigenvalue weighted by Crippen LogP contribution is -2.10. The van der Waals surface area contributed by atoms with Crippen molar-refractivity contribution in [3.8, 4) is 0 Å². The van der Waals surface area contributed by atoms with Gasteiger partial charge >= 0.3 is 6.18 Å². The van der Waals surface area contributed by atoms with Gasteiger partial charge in [-0.15, -0.1) is 11.8 Å². The highest BCUT2D eigenvalue weighted by Gasteiger charge is 2.34.